The number of anilines is 1. The van der Waals surface area contributed by atoms with Crippen molar-refractivity contribution in [3.63, 3.8) is 0 Å². The molecule has 1 saturated heterocycles. The highest BCUT2D eigenvalue weighted by molar-refractivity contribution is 5.92. The number of allylic oxidation sites excluding steroid dienone is 5. The Morgan fingerprint density at radius 2 is 2.17 bits per heavy atom. The highest BCUT2D eigenvalue weighted by Gasteiger charge is 2.12. The number of halogens is 1. The number of hydrogen-bond donors (Lipinski definition) is 3. The van der Waals surface area contributed by atoms with Crippen molar-refractivity contribution in [1.29, 1.82) is 5.41 Å². The first kappa shape index (κ1) is 20.7. The molecular formula is C22H26FN5O. The van der Waals surface area contributed by atoms with Gasteiger partial charge in [0.1, 0.15) is 5.82 Å². The molecule has 0 saturated carbocycles. The molecule has 0 atom stereocenters. The van der Waals surface area contributed by atoms with Crippen LogP contribution in [0.25, 0.3) is 0 Å². The second kappa shape index (κ2) is 10.5. The molecule has 0 bridgehead atoms. The van der Waals surface area contributed by atoms with E-state index in [1.54, 1.807) is 36.8 Å². The van der Waals surface area contributed by atoms with Crippen molar-refractivity contribution in [2.24, 2.45) is 10.7 Å². The lowest BCUT2D eigenvalue weighted by Gasteiger charge is -2.26. The van der Waals surface area contributed by atoms with E-state index < -0.39 is 0 Å². The van der Waals surface area contributed by atoms with Crippen LogP contribution in [-0.2, 0) is 11.3 Å². The lowest BCUT2D eigenvalue weighted by atomic mass is 9.98. The van der Waals surface area contributed by atoms with Gasteiger partial charge in [0.15, 0.2) is 0 Å². The van der Waals surface area contributed by atoms with E-state index in [4.69, 9.17) is 15.9 Å². The van der Waals surface area contributed by atoms with Gasteiger partial charge in [0.25, 0.3) is 0 Å². The lowest BCUT2D eigenvalue weighted by Crippen LogP contribution is -2.35. The molecule has 0 unspecified atom stereocenters. The second-order valence-corrected chi connectivity index (χ2v) is 6.75. The van der Waals surface area contributed by atoms with Gasteiger partial charge in [-0.2, -0.15) is 0 Å². The zero-order valence-electron chi connectivity index (χ0n) is 16.3. The molecule has 29 heavy (non-hydrogen) atoms. The van der Waals surface area contributed by atoms with Gasteiger partial charge >= 0.3 is 0 Å². The number of hydrogen-bond acceptors (Lipinski definition) is 6. The van der Waals surface area contributed by atoms with Crippen LogP contribution < -0.4 is 11.1 Å². The van der Waals surface area contributed by atoms with Gasteiger partial charge in [0.2, 0.25) is 0 Å². The number of rotatable bonds is 7. The quantitative estimate of drug-likeness (QED) is 0.618. The number of nitrogens with zero attached hydrogens (tertiary/aromatic N) is 2. The molecule has 152 valence electrons. The smallest absolute Gasteiger partial charge is 0.146 e. The molecule has 1 aromatic rings. The van der Waals surface area contributed by atoms with E-state index in [0.717, 1.165) is 43.0 Å². The van der Waals surface area contributed by atoms with Gasteiger partial charge in [-0.05, 0) is 41.3 Å². The van der Waals surface area contributed by atoms with E-state index >= 15 is 0 Å². The Hall–Kier alpha value is -3.03. The predicted octanol–water partition coefficient (Wildman–Crippen LogP) is 3.36. The summed E-state index contributed by atoms with van der Waals surface area (Å²) in [7, 11) is 0. The number of ether oxygens (including phenoxy) is 1. The normalized spacial score (nSPS) is 18.3. The van der Waals surface area contributed by atoms with E-state index in [0.29, 0.717) is 24.2 Å². The lowest BCUT2D eigenvalue weighted by molar-refractivity contribution is 0.0341. The minimum Gasteiger partial charge on any atom is -0.404 e. The van der Waals surface area contributed by atoms with Gasteiger partial charge in [-0.1, -0.05) is 12.1 Å². The number of morpholine rings is 1. The van der Waals surface area contributed by atoms with Gasteiger partial charge in [-0.3, -0.25) is 9.89 Å². The largest absolute Gasteiger partial charge is 0.404 e. The van der Waals surface area contributed by atoms with E-state index in [-0.39, 0.29) is 5.82 Å². The molecule has 2 aliphatic heterocycles. The summed E-state index contributed by atoms with van der Waals surface area (Å²) in [6.45, 7) is 3.90. The molecule has 6 nitrogen and oxygen atoms in total. The summed E-state index contributed by atoms with van der Waals surface area (Å²) in [4.78, 5) is 6.45. The molecule has 1 aromatic carbocycles. The average Bonchev–Trinajstić information content (AvgIpc) is 2.97. The van der Waals surface area contributed by atoms with Crippen LogP contribution in [0.5, 0.6) is 0 Å². The Labute approximate surface area is 170 Å². The van der Waals surface area contributed by atoms with Crippen LogP contribution in [0.15, 0.2) is 70.7 Å². The van der Waals surface area contributed by atoms with Crippen molar-refractivity contribution < 1.29 is 9.13 Å². The third-order valence-electron chi connectivity index (χ3n) is 4.80. The van der Waals surface area contributed by atoms with Crippen LogP contribution in [0.2, 0.25) is 0 Å². The highest BCUT2D eigenvalue weighted by Crippen LogP contribution is 2.21. The minimum absolute atomic E-state index is 0.298. The molecule has 0 radical (unpaired) electrons. The Morgan fingerprint density at radius 1 is 1.34 bits per heavy atom. The zero-order chi connectivity index (χ0) is 20.5. The maximum Gasteiger partial charge on any atom is 0.146 e. The van der Waals surface area contributed by atoms with Crippen molar-refractivity contribution >= 4 is 18.1 Å². The average molecular weight is 395 g/mol. The fourth-order valence-corrected chi connectivity index (χ4v) is 3.23. The van der Waals surface area contributed by atoms with Crippen LogP contribution in [0.1, 0.15) is 12.0 Å². The minimum atomic E-state index is -0.298. The first-order valence-corrected chi connectivity index (χ1v) is 9.57. The predicted molar refractivity (Wildman–Crippen MR) is 116 cm³/mol. The molecule has 2 heterocycles. The third kappa shape index (κ3) is 5.73. The van der Waals surface area contributed by atoms with Crippen LogP contribution in [0.3, 0.4) is 0 Å². The summed E-state index contributed by atoms with van der Waals surface area (Å²) >= 11 is 0. The molecule has 0 aromatic heterocycles. The molecule has 7 heteroatoms. The molecule has 0 aliphatic carbocycles. The molecule has 4 N–H and O–H groups in total. The molecule has 2 aliphatic rings. The summed E-state index contributed by atoms with van der Waals surface area (Å²) in [6, 6.07) is 5.24. The van der Waals surface area contributed by atoms with Crippen LogP contribution in [-0.4, -0.2) is 43.6 Å². The summed E-state index contributed by atoms with van der Waals surface area (Å²) in [6.07, 6.45) is 12.0. The maximum absolute atomic E-state index is 14.5. The van der Waals surface area contributed by atoms with Gasteiger partial charge in [0.05, 0.1) is 18.9 Å². The molecular weight excluding hydrogens is 369 g/mol. The standard InChI is InChI=1S/C22H26FN5O/c23-21-12-17(16-28-8-10-29-11-9-28)3-4-22(21)27-7-5-18-15-26-6-1-2-20(18)19(13-24)14-25/h1,3-7,12-15,24,27H,2,8-11,16,25H2/b7-5+,19-14?,24-13?. The Bertz CT molecular complexity index is 879. The summed E-state index contributed by atoms with van der Waals surface area (Å²) in [5.41, 5.74) is 9.30. The first-order valence-electron chi connectivity index (χ1n) is 9.57. The second-order valence-electron chi connectivity index (χ2n) is 6.75. The number of benzene rings is 1. The van der Waals surface area contributed by atoms with E-state index in [1.165, 1.54) is 12.4 Å². The van der Waals surface area contributed by atoms with Crippen molar-refractivity contribution in [3.05, 3.63) is 77.1 Å². The van der Waals surface area contributed by atoms with Gasteiger partial charge in [0, 0.05) is 56.2 Å². The SMILES string of the molecule is N=CC(=CN)C1=C(/C=C/Nc2ccc(CN3CCOCC3)cc2F)C=NC=CC1. The maximum atomic E-state index is 14.5. The summed E-state index contributed by atoms with van der Waals surface area (Å²) in [5, 5.41) is 10.5. The van der Waals surface area contributed by atoms with Crippen LogP contribution in [0.4, 0.5) is 10.1 Å². The van der Waals surface area contributed by atoms with Crippen LogP contribution >= 0.6 is 0 Å². The molecule has 3 rings (SSSR count). The van der Waals surface area contributed by atoms with Gasteiger partial charge < -0.3 is 21.2 Å². The van der Waals surface area contributed by atoms with Crippen molar-refractivity contribution in [2.75, 3.05) is 31.6 Å². The first-order chi connectivity index (χ1) is 14.2. The van der Waals surface area contributed by atoms with Gasteiger partial charge in [-0.25, -0.2) is 4.39 Å². The van der Waals surface area contributed by atoms with E-state index in [1.807, 2.05) is 12.1 Å². The Kier molecular flexibility index (Phi) is 7.49. The fraction of sp³-hybridized carbons (Fsp3) is 0.273. The molecule has 0 spiro atoms. The summed E-state index contributed by atoms with van der Waals surface area (Å²) in [5.74, 6) is -0.298. The topological polar surface area (TPSA) is 86.7 Å². The number of nitrogens with two attached hydrogens (primary N) is 1. The zero-order valence-corrected chi connectivity index (χ0v) is 16.3. The molecule has 0 amide bonds. The summed E-state index contributed by atoms with van der Waals surface area (Å²) < 4.78 is 19.9. The highest BCUT2D eigenvalue weighted by atomic mass is 19.1. The monoisotopic (exact) mass is 395 g/mol. The van der Waals surface area contributed by atoms with E-state index in [9.17, 15) is 4.39 Å². The van der Waals surface area contributed by atoms with E-state index in [2.05, 4.69) is 15.2 Å². The number of aliphatic imine (C=N–C) groups is 1. The third-order valence-corrected chi connectivity index (χ3v) is 4.80. The molecule has 1 fully saturated rings. The Morgan fingerprint density at radius 3 is 2.90 bits per heavy atom. The number of nitrogens with one attached hydrogen (secondary N) is 2. The van der Waals surface area contributed by atoms with Crippen molar-refractivity contribution in [3.8, 4) is 0 Å². The Balaban J connectivity index is 1.69. The van der Waals surface area contributed by atoms with Gasteiger partial charge in [-0.15, -0.1) is 0 Å². The van der Waals surface area contributed by atoms with Crippen LogP contribution in [0, 0.1) is 11.2 Å². The van der Waals surface area contributed by atoms with Crippen molar-refractivity contribution in [1.82, 2.24) is 4.90 Å². The fourth-order valence-electron chi connectivity index (χ4n) is 3.23. The van der Waals surface area contributed by atoms with Crippen molar-refractivity contribution in [2.45, 2.75) is 13.0 Å².